The molecule has 5 nitrogen and oxygen atoms in total. The maximum absolute atomic E-state index is 4.70. The average molecular weight is 325 g/mol. The van der Waals surface area contributed by atoms with E-state index < -0.39 is 0 Å². The molecule has 24 heavy (non-hydrogen) atoms. The van der Waals surface area contributed by atoms with Gasteiger partial charge >= 0.3 is 0 Å². The van der Waals surface area contributed by atoms with Crippen LogP contribution in [0.4, 0.5) is 0 Å². The molecule has 1 aromatic heterocycles. The maximum atomic E-state index is 4.70. The van der Waals surface area contributed by atoms with Crippen molar-refractivity contribution in [3.05, 3.63) is 42.1 Å². The SMILES string of the molecule is Cn1cc(CN2CCC(N3CCNCC3)C2)c(-c2ccccc2)n1. The fraction of sp³-hybridized carbons (Fsp3) is 0.526. The summed E-state index contributed by atoms with van der Waals surface area (Å²) in [5, 5.41) is 8.15. The summed E-state index contributed by atoms with van der Waals surface area (Å²) in [5.74, 6) is 0. The van der Waals surface area contributed by atoms with Gasteiger partial charge in [0.2, 0.25) is 0 Å². The molecular weight excluding hydrogens is 298 g/mol. The van der Waals surface area contributed by atoms with Gasteiger partial charge in [0, 0.05) is 76.2 Å². The number of nitrogens with one attached hydrogen (secondary N) is 1. The van der Waals surface area contributed by atoms with Crippen molar-refractivity contribution >= 4 is 0 Å². The number of hydrogen-bond donors (Lipinski definition) is 1. The lowest BCUT2D eigenvalue weighted by molar-refractivity contribution is 0.170. The molecule has 1 atom stereocenters. The van der Waals surface area contributed by atoms with Gasteiger partial charge in [0.05, 0.1) is 5.69 Å². The first-order valence-electron chi connectivity index (χ1n) is 9.04. The maximum Gasteiger partial charge on any atom is 0.0968 e. The standard InChI is InChI=1S/C19H27N5/c1-22-13-17(19(21-22)16-5-3-2-4-6-16)14-23-10-7-18(15-23)24-11-8-20-9-12-24/h2-6,13,18,20H,7-12,14-15H2,1H3. The van der Waals surface area contributed by atoms with E-state index in [0.717, 1.165) is 31.4 Å². The zero-order valence-corrected chi connectivity index (χ0v) is 14.5. The van der Waals surface area contributed by atoms with Crippen LogP contribution in [0.1, 0.15) is 12.0 Å². The van der Waals surface area contributed by atoms with Crippen LogP contribution in [-0.2, 0) is 13.6 Å². The lowest BCUT2D eigenvalue weighted by Crippen LogP contribution is -2.49. The molecule has 1 N–H and O–H groups in total. The van der Waals surface area contributed by atoms with Crippen LogP contribution in [0.3, 0.4) is 0 Å². The molecule has 0 bridgehead atoms. The number of piperazine rings is 1. The van der Waals surface area contributed by atoms with Gasteiger partial charge < -0.3 is 5.32 Å². The second kappa shape index (κ2) is 7.05. The highest BCUT2D eigenvalue weighted by Crippen LogP contribution is 2.25. The largest absolute Gasteiger partial charge is 0.314 e. The summed E-state index contributed by atoms with van der Waals surface area (Å²) in [5.41, 5.74) is 3.68. The van der Waals surface area contributed by atoms with Crippen LogP contribution in [-0.4, -0.2) is 64.9 Å². The highest BCUT2D eigenvalue weighted by Gasteiger charge is 2.29. The molecule has 0 amide bonds. The van der Waals surface area contributed by atoms with Crippen molar-refractivity contribution < 1.29 is 0 Å². The molecular formula is C19H27N5. The molecule has 4 rings (SSSR count). The third kappa shape index (κ3) is 3.38. The van der Waals surface area contributed by atoms with Gasteiger partial charge in [0.1, 0.15) is 0 Å². The monoisotopic (exact) mass is 325 g/mol. The fourth-order valence-corrected chi connectivity index (χ4v) is 4.03. The van der Waals surface area contributed by atoms with Crippen molar-refractivity contribution in [2.24, 2.45) is 7.05 Å². The molecule has 2 aliphatic rings. The Bertz CT molecular complexity index is 660. The van der Waals surface area contributed by atoms with E-state index in [1.165, 1.54) is 43.7 Å². The Hall–Kier alpha value is -1.69. The third-order valence-corrected chi connectivity index (χ3v) is 5.26. The number of likely N-dealkylation sites (tertiary alicyclic amines) is 1. The van der Waals surface area contributed by atoms with Crippen LogP contribution in [0.2, 0.25) is 0 Å². The lowest BCUT2D eigenvalue weighted by Gasteiger charge is -2.32. The topological polar surface area (TPSA) is 36.3 Å². The third-order valence-electron chi connectivity index (χ3n) is 5.26. The van der Waals surface area contributed by atoms with Crippen molar-refractivity contribution in [1.82, 2.24) is 24.9 Å². The molecule has 2 aliphatic heterocycles. The highest BCUT2D eigenvalue weighted by atomic mass is 15.3. The van der Waals surface area contributed by atoms with Crippen LogP contribution in [0.5, 0.6) is 0 Å². The number of rotatable bonds is 4. The van der Waals surface area contributed by atoms with Crippen LogP contribution in [0.25, 0.3) is 11.3 Å². The summed E-state index contributed by atoms with van der Waals surface area (Å²) in [4.78, 5) is 5.26. The smallest absolute Gasteiger partial charge is 0.0968 e. The van der Waals surface area contributed by atoms with Gasteiger partial charge in [-0.3, -0.25) is 14.5 Å². The fourth-order valence-electron chi connectivity index (χ4n) is 4.03. The normalized spacial score (nSPS) is 23.0. The van der Waals surface area contributed by atoms with Gasteiger partial charge in [-0.25, -0.2) is 0 Å². The first-order valence-corrected chi connectivity index (χ1v) is 9.04. The van der Waals surface area contributed by atoms with Gasteiger partial charge in [-0.1, -0.05) is 30.3 Å². The van der Waals surface area contributed by atoms with E-state index in [1.54, 1.807) is 0 Å². The van der Waals surface area contributed by atoms with Crippen molar-refractivity contribution in [1.29, 1.82) is 0 Å². The quantitative estimate of drug-likeness (QED) is 0.926. The van der Waals surface area contributed by atoms with E-state index in [1.807, 2.05) is 11.7 Å². The molecule has 5 heteroatoms. The van der Waals surface area contributed by atoms with Crippen molar-refractivity contribution in [2.75, 3.05) is 39.3 Å². The van der Waals surface area contributed by atoms with Gasteiger partial charge in [0.25, 0.3) is 0 Å². The predicted molar refractivity (Wildman–Crippen MR) is 96.8 cm³/mol. The van der Waals surface area contributed by atoms with Crippen molar-refractivity contribution in [2.45, 2.75) is 19.0 Å². The molecule has 1 aromatic carbocycles. The minimum Gasteiger partial charge on any atom is -0.314 e. The Morgan fingerprint density at radius 3 is 2.71 bits per heavy atom. The van der Waals surface area contributed by atoms with Crippen LogP contribution >= 0.6 is 0 Å². The molecule has 0 saturated carbocycles. The van der Waals surface area contributed by atoms with Crippen molar-refractivity contribution in [3.8, 4) is 11.3 Å². The van der Waals surface area contributed by atoms with Crippen LogP contribution in [0, 0.1) is 0 Å². The number of hydrogen-bond acceptors (Lipinski definition) is 4. The van der Waals surface area contributed by atoms with Crippen molar-refractivity contribution in [3.63, 3.8) is 0 Å². The summed E-state index contributed by atoms with van der Waals surface area (Å²) < 4.78 is 1.95. The molecule has 0 aliphatic carbocycles. The summed E-state index contributed by atoms with van der Waals surface area (Å²) in [6.45, 7) is 8.04. The van der Waals surface area contributed by atoms with E-state index in [2.05, 4.69) is 51.6 Å². The van der Waals surface area contributed by atoms with Gasteiger partial charge in [-0.15, -0.1) is 0 Å². The molecule has 128 valence electrons. The molecule has 2 fully saturated rings. The Balaban J connectivity index is 1.45. The Morgan fingerprint density at radius 2 is 1.92 bits per heavy atom. The van der Waals surface area contributed by atoms with Gasteiger partial charge in [0.15, 0.2) is 0 Å². The molecule has 3 heterocycles. The number of aromatic nitrogens is 2. The van der Waals surface area contributed by atoms with E-state index in [-0.39, 0.29) is 0 Å². The lowest BCUT2D eigenvalue weighted by atomic mass is 10.1. The van der Waals surface area contributed by atoms with E-state index >= 15 is 0 Å². The van der Waals surface area contributed by atoms with E-state index in [0.29, 0.717) is 0 Å². The number of nitrogens with zero attached hydrogens (tertiary/aromatic N) is 4. The average Bonchev–Trinajstić information content (AvgIpc) is 3.23. The predicted octanol–water partition coefficient (Wildman–Crippen LogP) is 1.57. The molecule has 2 saturated heterocycles. The number of aryl methyl sites for hydroxylation is 1. The Labute approximate surface area is 144 Å². The zero-order chi connectivity index (χ0) is 16.4. The Kier molecular flexibility index (Phi) is 4.65. The second-order valence-corrected chi connectivity index (χ2v) is 7.01. The minimum atomic E-state index is 0.726. The van der Waals surface area contributed by atoms with Crippen LogP contribution in [0.15, 0.2) is 36.5 Å². The van der Waals surface area contributed by atoms with Gasteiger partial charge in [-0.2, -0.15) is 5.10 Å². The van der Waals surface area contributed by atoms with E-state index in [9.17, 15) is 0 Å². The molecule has 0 spiro atoms. The summed E-state index contributed by atoms with van der Waals surface area (Å²) in [6.07, 6.45) is 3.47. The van der Waals surface area contributed by atoms with E-state index in [4.69, 9.17) is 5.10 Å². The number of benzene rings is 1. The molecule has 2 aromatic rings. The minimum absolute atomic E-state index is 0.726. The zero-order valence-electron chi connectivity index (χ0n) is 14.5. The van der Waals surface area contributed by atoms with Gasteiger partial charge in [-0.05, 0) is 6.42 Å². The highest BCUT2D eigenvalue weighted by molar-refractivity contribution is 5.62. The summed E-state index contributed by atoms with van der Waals surface area (Å²) in [6, 6.07) is 11.3. The molecule has 0 radical (unpaired) electrons. The summed E-state index contributed by atoms with van der Waals surface area (Å²) in [7, 11) is 2.02. The first-order chi connectivity index (χ1) is 11.8. The first kappa shape index (κ1) is 15.8. The second-order valence-electron chi connectivity index (χ2n) is 7.01. The Morgan fingerprint density at radius 1 is 1.12 bits per heavy atom. The molecule has 1 unspecified atom stereocenters. The van der Waals surface area contributed by atoms with Crippen LogP contribution < -0.4 is 5.32 Å². The summed E-state index contributed by atoms with van der Waals surface area (Å²) >= 11 is 0.